The van der Waals surface area contributed by atoms with Gasteiger partial charge in [-0.25, -0.2) is 0 Å². The van der Waals surface area contributed by atoms with Crippen LogP contribution in [-0.2, 0) is 0 Å². The molecule has 0 aliphatic rings. The van der Waals surface area contributed by atoms with Crippen molar-refractivity contribution in [1.82, 2.24) is 0 Å². The molecule has 0 amide bonds. The molecule has 1 aromatic heterocycles. The number of halogens is 3. The van der Waals surface area contributed by atoms with E-state index in [9.17, 15) is 0 Å². The molecule has 0 aliphatic carbocycles. The highest BCUT2D eigenvalue weighted by Gasteiger charge is 2.14. The van der Waals surface area contributed by atoms with Gasteiger partial charge < -0.3 is 5.73 Å². The molecular formula is C11H8BrCl2NS. The lowest BCUT2D eigenvalue weighted by Gasteiger charge is -2.12. The van der Waals surface area contributed by atoms with Gasteiger partial charge in [0.25, 0.3) is 0 Å². The Labute approximate surface area is 116 Å². The fraction of sp³-hybridized carbons (Fsp3) is 0.0909. The Morgan fingerprint density at radius 2 is 1.94 bits per heavy atom. The molecule has 0 bridgehead atoms. The molecule has 2 N–H and O–H groups in total. The molecule has 1 atom stereocenters. The van der Waals surface area contributed by atoms with Gasteiger partial charge >= 0.3 is 0 Å². The fourth-order valence-electron chi connectivity index (χ4n) is 1.40. The summed E-state index contributed by atoms with van der Waals surface area (Å²) >= 11 is 16.8. The van der Waals surface area contributed by atoms with Crippen LogP contribution < -0.4 is 5.73 Å². The summed E-state index contributed by atoms with van der Waals surface area (Å²) in [5.41, 5.74) is 7.13. The second kappa shape index (κ2) is 5.07. The molecule has 0 fully saturated rings. The van der Waals surface area contributed by atoms with Crippen molar-refractivity contribution in [2.24, 2.45) is 5.73 Å². The van der Waals surface area contributed by atoms with E-state index in [1.165, 1.54) is 11.3 Å². The summed E-state index contributed by atoms with van der Waals surface area (Å²) in [6.07, 6.45) is 0. The zero-order chi connectivity index (χ0) is 11.7. The van der Waals surface area contributed by atoms with Gasteiger partial charge in [-0.05, 0) is 35.9 Å². The molecule has 0 saturated heterocycles. The molecule has 2 aromatic rings. The minimum absolute atomic E-state index is 0.203. The van der Waals surface area contributed by atoms with E-state index in [1.54, 1.807) is 0 Å². The minimum Gasteiger partial charge on any atom is -0.320 e. The Hall–Kier alpha value is -0.0600. The third kappa shape index (κ3) is 2.60. The van der Waals surface area contributed by atoms with Crippen LogP contribution in [0, 0.1) is 0 Å². The Balaban J connectivity index is 2.40. The monoisotopic (exact) mass is 335 g/mol. The van der Waals surface area contributed by atoms with Crippen molar-refractivity contribution in [2.45, 2.75) is 6.04 Å². The first-order valence-corrected chi connectivity index (χ1v) is 6.90. The molecule has 16 heavy (non-hydrogen) atoms. The Morgan fingerprint density at radius 3 is 2.56 bits per heavy atom. The van der Waals surface area contributed by atoms with Gasteiger partial charge in [-0.3, -0.25) is 0 Å². The normalized spacial score (nSPS) is 12.8. The zero-order valence-electron chi connectivity index (χ0n) is 8.08. The standard InChI is InChI=1S/C11H8BrCl2NS/c12-8-2-1-6(13)5-7(8)11(15)9-3-4-10(14)16-9/h1-5,11H,15H2. The Morgan fingerprint density at radius 1 is 1.19 bits per heavy atom. The summed E-state index contributed by atoms with van der Waals surface area (Å²) in [7, 11) is 0. The predicted octanol–water partition coefficient (Wildman–Crippen LogP) is 4.87. The van der Waals surface area contributed by atoms with Gasteiger partial charge in [0.2, 0.25) is 0 Å². The molecule has 1 nitrogen and oxygen atoms in total. The maximum absolute atomic E-state index is 6.16. The lowest BCUT2D eigenvalue weighted by Crippen LogP contribution is -2.10. The molecule has 1 heterocycles. The van der Waals surface area contributed by atoms with Crippen LogP contribution in [-0.4, -0.2) is 0 Å². The second-order valence-electron chi connectivity index (χ2n) is 3.29. The average molecular weight is 337 g/mol. The van der Waals surface area contributed by atoms with Crippen LogP contribution in [0.4, 0.5) is 0 Å². The number of hydrogen-bond donors (Lipinski definition) is 1. The third-order valence-electron chi connectivity index (χ3n) is 2.19. The first kappa shape index (κ1) is 12.4. The van der Waals surface area contributed by atoms with Gasteiger partial charge in [0.05, 0.1) is 10.4 Å². The highest BCUT2D eigenvalue weighted by Crippen LogP contribution is 2.33. The highest BCUT2D eigenvalue weighted by molar-refractivity contribution is 9.10. The highest BCUT2D eigenvalue weighted by atomic mass is 79.9. The van der Waals surface area contributed by atoms with Gasteiger partial charge in [0.1, 0.15) is 0 Å². The third-order valence-corrected chi connectivity index (χ3v) is 4.47. The average Bonchev–Trinajstić information content (AvgIpc) is 2.67. The summed E-state index contributed by atoms with van der Waals surface area (Å²) in [6.45, 7) is 0. The summed E-state index contributed by atoms with van der Waals surface area (Å²) in [5.74, 6) is 0. The van der Waals surface area contributed by atoms with Crippen molar-refractivity contribution in [2.75, 3.05) is 0 Å². The topological polar surface area (TPSA) is 26.0 Å². The van der Waals surface area contributed by atoms with Crippen LogP contribution in [0.5, 0.6) is 0 Å². The molecule has 0 spiro atoms. The summed E-state index contributed by atoms with van der Waals surface area (Å²) in [5, 5.41) is 0.677. The summed E-state index contributed by atoms with van der Waals surface area (Å²) in [6, 6.07) is 9.16. The van der Waals surface area contributed by atoms with Gasteiger partial charge in [-0.1, -0.05) is 39.1 Å². The number of rotatable bonds is 2. The van der Waals surface area contributed by atoms with Gasteiger partial charge in [0, 0.05) is 14.4 Å². The Bertz CT molecular complexity index is 512. The van der Waals surface area contributed by atoms with Gasteiger partial charge in [0.15, 0.2) is 0 Å². The number of hydrogen-bond acceptors (Lipinski definition) is 2. The van der Waals surface area contributed by atoms with E-state index in [1.807, 2.05) is 30.3 Å². The first-order valence-electron chi connectivity index (χ1n) is 4.53. The van der Waals surface area contributed by atoms with E-state index in [0.717, 1.165) is 19.2 Å². The lowest BCUT2D eigenvalue weighted by molar-refractivity contribution is 0.887. The van der Waals surface area contributed by atoms with E-state index < -0.39 is 0 Å². The van der Waals surface area contributed by atoms with Crippen molar-refractivity contribution >= 4 is 50.5 Å². The smallest absolute Gasteiger partial charge is 0.0931 e. The van der Waals surface area contributed by atoms with Crippen LogP contribution >= 0.6 is 50.5 Å². The summed E-state index contributed by atoms with van der Waals surface area (Å²) < 4.78 is 1.69. The van der Waals surface area contributed by atoms with E-state index in [-0.39, 0.29) is 6.04 Å². The lowest BCUT2D eigenvalue weighted by atomic mass is 10.1. The maximum atomic E-state index is 6.16. The van der Waals surface area contributed by atoms with Crippen molar-refractivity contribution < 1.29 is 0 Å². The number of thiophene rings is 1. The van der Waals surface area contributed by atoms with Crippen LogP contribution in [0.25, 0.3) is 0 Å². The minimum atomic E-state index is -0.203. The van der Waals surface area contributed by atoms with Crippen molar-refractivity contribution in [1.29, 1.82) is 0 Å². The molecular weight excluding hydrogens is 329 g/mol. The van der Waals surface area contributed by atoms with Gasteiger partial charge in [-0.15, -0.1) is 11.3 Å². The van der Waals surface area contributed by atoms with Crippen LogP contribution in [0.15, 0.2) is 34.8 Å². The predicted molar refractivity (Wildman–Crippen MR) is 74.5 cm³/mol. The van der Waals surface area contributed by atoms with E-state index in [2.05, 4.69) is 15.9 Å². The SMILES string of the molecule is NC(c1ccc(Cl)s1)c1cc(Cl)ccc1Br. The molecule has 5 heteroatoms. The molecule has 84 valence electrons. The van der Waals surface area contributed by atoms with Crippen LogP contribution in [0.2, 0.25) is 9.36 Å². The first-order chi connectivity index (χ1) is 7.58. The molecule has 0 aliphatic heterocycles. The molecule has 1 aromatic carbocycles. The maximum Gasteiger partial charge on any atom is 0.0931 e. The number of nitrogens with two attached hydrogens (primary N) is 1. The second-order valence-corrected chi connectivity index (χ2v) is 6.32. The zero-order valence-corrected chi connectivity index (χ0v) is 12.0. The van der Waals surface area contributed by atoms with E-state index in [4.69, 9.17) is 28.9 Å². The van der Waals surface area contributed by atoms with Crippen molar-refractivity contribution in [3.05, 3.63) is 54.6 Å². The van der Waals surface area contributed by atoms with Gasteiger partial charge in [-0.2, -0.15) is 0 Å². The van der Waals surface area contributed by atoms with Crippen LogP contribution in [0.1, 0.15) is 16.5 Å². The van der Waals surface area contributed by atoms with Crippen molar-refractivity contribution in [3.8, 4) is 0 Å². The van der Waals surface area contributed by atoms with Crippen molar-refractivity contribution in [3.63, 3.8) is 0 Å². The molecule has 0 saturated carbocycles. The summed E-state index contributed by atoms with van der Waals surface area (Å²) in [4.78, 5) is 1.02. The quantitative estimate of drug-likeness (QED) is 0.832. The number of benzene rings is 1. The van der Waals surface area contributed by atoms with E-state index in [0.29, 0.717) is 5.02 Å². The Kier molecular flexibility index (Phi) is 3.93. The van der Waals surface area contributed by atoms with Crippen LogP contribution in [0.3, 0.4) is 0 Å². The fourth-order valence-corrected chi connectivity index (χ4v) is 3.16. The van der Waals surface area contributed by atoms with E-state index >= 15 is 0 Å². The largest absolute Gasteiger partial charge is 0.320 e. The molecule has 2 rings (SSSR count). The molecule has 1 unspecified atom stereocenters. The molecule has 0 radical (unpaired) electrons.